The summed E-state index contributed by atoms with van der Waals surface area (Å²) in [5.74, 6) is -1.15. The molecule has 2 atom stereocenters. The monoisotopic (exact) mass is 257 g/mol. The van der Waals surface area contributed by atoms with Crippen LogP contribution >= 0.6 is 0 Å². The molecule has 0 bridgehead atoms. The molecule has 0 aliphatic carbocycles. The summed E-state index contributed by atoms with van der Waals surface area (Å²) >= 11 is 0. The van der Waals surface area contributed by atoms with E-state index in [1.807, 2.05) is 6.07 Å². The van der Waals surface area contributed by atoms with Crippen molar-refractivity contribution in [3.05, 3.63) is 0 Å². The molecule has 1 unspecified atom stereocenters. The Bertz CT molecular complexity index is 403. The minimum absolute atomic E-state index is 0. The van der Waals surface area contributed by atoms with Crippen LogP contribution in [0.4, 0.5) is 0 Å². The second-order valence-electron chi connectivity index (χ2n) is 3.19. The first-order valence-corrected chi connectivity index (χ1v) is 5.72. The van der Waals surface area contributed by atoms with Crippen molar-refractivity contribution in [2.75, 3.05) is 6.54 Å². The Morgan fingerprint density at radius 1 is 1.56 bits per heavy atom. The van der Waals surface area contributed by atoms with Crippen LogP contribution in [0.15, 0.2) is 0 Å². The minimum atomic E-state index is -4.82. The van der Waals surface area contributed by atoms with Crippen molar-refractivity contribution in [3.8, 4) is 6.07 Å². The first-order chi connectivity index (χ1) is 6.88. The predicted molar refractivity (Wildman–Crippen MR) is 53.7 cm³/mol. The summed E-state index contributed by atoms with van der Waals surface area (Å²) < 4.78 is 29.5. The van der Waals surface area contributed by atoms with Crippen LogP contribution in [0.2, 0.25) is 0 Å². The standard InChI is InChI=1S/C7H10N2O5S.Na/c8-4-5-2-1-3-9(5)6(10)7(11)15(12,13)14;/h5,7,11H,1-3H2,(H,12,13,14);/t5-,7?;/m0./s1. The van der Waals surface area contributed by atoms with Gasteiger partial charge in [-0.05, 0) is 12.8 Å². The van der Waals surface area contributed by atoms with Gasteiger partial charge >= 0.3 is 10.1 Å². The summed E-state index contributed by atoms with van der Waals surface area (Å²) in [6.45, 7) is 0.212. The maximum absolute atomic E-state index is 11.3. The number of hydrogen-bond acceptors (Lipinski definition) is 5. The van der Waals surface area contributed by atoms with Gasteiger partial charge in [0.15, 0.2) is 0 Å². The topological polar surface area (TPSA) is 119 Å². The van der Waals surface area contributed by atoms with E-state index < -0.39 is 27.5 Å². The van der Waals surface area contributed by atoms with Crippen molar-refractivity contribution in [1.82, 2.24) is 4.90 Å². The molecule has 1 fully saturated rings. The van der Waals surface area contributed by atoms with Gasteiger partial charge in [0.05, 0.1) is 6.07 Å². The number of carbonyl (C=O) groups excluding carboxylic acids is 1. The van der Waals surface area contributed by atoms with Gasteiger partial charge in [0.1, 0.15) is 6.04 Å². The van der Waals surface area contributed by atoms with E-state index in [9.17, 15) is 13.2 Å². The zero-order valence-electron chi connectivity index (χ0n) is 8.70. The predicted octanol–water partition coefficient (Wildman–Crippen LogP) is -1.67. The summed E-state index contributed by atoms with van der Waals surface area (Å²) in [7, 11) is -4.82. The molecule has 1 saturated heterocycles. The van der Waals surface area contributed by atoms with Gasteiger partial charge in [0.2, 0.25) is 0 Å². The van der Waals surface area contributed by atoms with E-state index in [4.69, 9.17) is 14.9 Å². The number of aliphatic hydroxyl groups is 1. The van der Waals surface area contributed by atoms with Gasteiger partial charge in [0, 0.05) is 36.1 Å². The van der Waals surface area contributed by atoms with Crippen LogP contribution in [0, 0.1) is 11.3 Å². The first-order valence-electron chi connectivity index (χ1n) is 4.22. The maximum atomic E-state index is 11.3. The number of aliphatic hydroxyl groups excluding tert-OH is 1. The number of amides is 1. The Morgan fingerprint density at radius 3 is 2.56 bits per heavy atom. The van der Waals surface area contributed by atoms with E-state index >= 15 is 0 Å². The van der Waals surface area contributed by atoms with Gasteiger partial charge in [-0.1, -0.05) is 0 Å². The van der Waals surface area contributed by atoms with Crippen LogP contribution < -0.4 is 0 Å². The smallest absolute Gasteiger partial charge is 0.301 e. The third-order valence-corrected chi connectivity index (χ3v) is 2.94. The summed E-state index contributed by atoms with van der Waals surface area (Å²) in [6.07, 6.45) is 1.02. The molecule has 7 nitrogen and oxygen atoms in total. The Morgan fingerprint density at radius 2 is 2.12 bits per heavy atom. The summed E-state index contributed by atoms with van der Waals surface area (Å²) in [5.41, 5.74) is -2.49. The van der Waals surface area contributed by atoms with E-state index in [0.717, 1.165) is 4.90 Å². The fourth-order valence-corrected chi connectivity index (χ4v) is 1.82. The Hall–Kier alpha value is -0.170. The van der Waals surface area contributed by atoms with Crippen LogP contribution in [0.5, 0.6) is 0 Å². The first kappa shape index (κ1) is 15.8. The summed E-state index contributed by atoms with van der Waals surface area (Å²) in [5, 5.41) is 17.6. The molecule has 0 aromatic rings. The molecule has 2 N–H and O–H groups in total. The average Bonchev–Trinajstić information content (AvgIpc) is 2.61. The molecule has 85 valence electrons. The van der Waals surface area contributed by atoms with E-state index in [-0.39, 0.29) is 36.1 Å². The number of hydrogen-bond donors (Lipinski definition) is 2. The number of likely N-dealkylation sites (tertiary alicyclic amines) is 1. The number of nitriles is 1. The normalized spacial score (nSPS) is 22.1. The maximum Gasteiger partial charge on any atom is 0.301 e. The molecule has 16 heavy (non-hydrogen) atoms. The Labute approximate surface area is 115 Å². The van der Waals surface area contributed by atoms with E-state index in [0.29, 0.717) is 12.8 Å². The van der Waals surface area contributed by atoms with Gasteiger partial charge in [0.25, 0.3) is 11.3 Å². The van der Waals surface area contributed by atoms with Crippen LogP contribution in [0.25, 0.3) is 0 Å². The molecule has 0 aromatic carbocycles. The summed E-state index contributed by atoms with van der Waals surface area (Å²) in [4.78, 5) is 12.3. The third kappa shape index (κ3) is 3.41. The molecule has 1 radical (unpaired) electrons. The van der Waals surface area contributed by atoms with Gasteiger partial charge in [-0.2, -0.15) is 13.7 Å². The van der Waals surface area contributed by atoms with Gasteiger partial charge in [-0.25, -0.2) is 0 Å². The molecule has 1 amide bonds. The molecule has 1 rings (SSSR count). The largest absolute Gasteiger partial charge is 0.368 e. The zero-order valence-corrected chi connectivity index (χ0v) is 11.5. The van der Waals surface area contributed by atoms with Crippen molar-refractivity contribution < 1.29 is 22.9 Å². The quantitative estimate of drug-likeness (QED) is 0.451. The average molecular weight is 257 g/mol. The minimum Gasteiger partial charge on any atom is -0.368 e. The molecule has 0 aromatic heterocycles. The van der Waals surface area contributed by atoms with Crippen LogP contribution in [-0.4, -0.2) is 76.5 Å². The van der Waals surface area contributed by atoms with Crippen molar-refractivity contribution in [3.63, 3.8) is 0 Å². The van der Waals surface area contributed by atoms with Gasteiger partial charge < -0.3 is 10.0 Å². The Balaban J connectivity index is 0.00000225. The second kappa shape index (κ2) is 5.95. The van der Waals surface area contributed by atoms with Gasteiger partial charge in [-0.15, -0.1) is 0 Å². The van der Waals surface area contributed by atoms with Crippen molar-refractivity contribution >= 4 is 45.6 Å². The van der Waals surface area contributed by atoms with Gasteiger partial charge in [-0.3, -0.25) is 9.35 Å². The number of rotatable bonds is 2. The Kier molecular flexibility index (Phi) is 5.89. The molecule has 1 heterocycles. The molecular formula is C7H10N2NaO5S. The second-order valence-corrected chi connectivity index (χ2v) is 4.66. The van der Waals surface area contributed by atoms with E-state index in [2.05, 4.69) is 0 Å². The number of nitrogens with zero attached hydrogens (tertiary/aromatic N) is 2. The zero-order chi connectivity index (χ0) is 11.6. The SMILES string of the molecule is N#C[C@@H]1CCCN1C(=O)C(O)S(=O)(=O)O.[Na]. The van der Waals surface area contributed by atoms with Crippen molar-refractivity contribution in [2.45, 2.75) is 24.3 Å². The molecule has 1 aliphatic heterocycles. The van der Waals surface area contributed by atoms with Crippen LogP contribution in [-0.2, 0) is 14.9 Å². The summed E-state index contributed by atoms with van der Waals surface area (Å²) in [6, 6.07) is 1.09. The van der Waals surface area contributed by atoms with Crippen LogP contribution in [0.3, 0.4) is 0 Å². The molecule has 9 heteroatoms. The third-order valence-electron chi connectivity index (χ3n) is 2.18. The number of carbonyl (C=O) groups is 1. The molecular weight excluding hydrogens is 247 g/mol. The van der Waals surface area contributed by atoms with Crippen LogP contribution in [0.1, 0.15) is 12.8 Å². The molecule has 0 spiro atoms. The fraction of sp³-hybridized carbons (Fsp3) is 0.714. The van der Waals surface area contributed by atoms with E-state index in [1.54, 1.807) is 0 Å². The molecule has 0 saturated carbocycles. The van der Waals surface area contributed by atoms with Crippen molar-refractivity contribution in [1.29, 1.82) is 5.26 Å². The fourth-order valence-electron chi connectivity index (χ4n) is 1.43. The molecule has 1 aliphatic rings. The van der Waals surface area contributed by atoms with Crippen molar-refractivity contribution in [2.24, 2.45) is 0 Å². The van der Waals surface area contributed by atoms with E-state index in [1.165, 1.54) is 0 Å².